The van der Waals surface area contributed by atoms with Crippen molar-refractivity contribution in [2.24, 2.45) is 5.92 Å². The lowest BCUT2D eigenvalue weighted by molar-refractivity contribution is -0.141. The normalized spacial score (nSPS) is 20.4. The van der Waals surface area contributed by atoms with Crippen molar-refractivity contribution in [3.8, 4) is 0 Å². The first-order chi connectivity index (χ1) is 19.1. The number of alkyl halides is 3. The molecule has 2 aromatic rings. The molecule has 4 rings (SSSR count). The summed E-state index contributed by atoms with van der Waals surface area (Å²) in [5.41, 5.74) is 0.660. The lowest BCUT2D eigenvalue weighted by atomic mass is 9.82. The number of halogens is 3. The highest BCUT2D eigenvalue weighted by atomic mass is 19.4. The highest BCUT2D eigenvalue weighted by molar-refractivity contribution is 5.96. The monoisotopic (exact) mass is 559 g/mol. The van der Waals surface area contributed by atoms with Crippen molar-refractivity contribution in [1.82, 2.24) is 14.8 Å². The predicted octanol–water partition coefficient (Wildman–Crippen LogP) is 5.54. The molecule has 2 aliphatic rings. The molecule has 0 aliphatic carbocycles. The van der Waals surface area contributed by atoms with Gasteiger partial charge in [0.1, 0.15) is 0 Å². The molecule has 1 N–H and O–H groups in total. The van der Waals surface area contributed by atoms with Crippen LogP contribution >= 0.6 is 0 Å². The second-order valence-corrected chi connectivity index (χ2v) is 10.7. The van der Waals surface area contributed by atoms with Gasteiger partial charge in [-0.3, -0.25) is 19.4 Å². The van der Waals surface area contributed by atoms with E-state index in [0.29, 0.717) is 51.7 Å². The molecule has 1 aromatic carbocycles. The zero-order valence-electron chi connectivity index (χ0n) is 22.7. The van der Waals surface area contributed by atoms with Crippen molar-refractivity contribution in [2.45, 2.75) is 76.4 Å². The number of likely N-dealkylation sites (tertiary alicyclic amines) is 2. The van der Waals surface area contributed by atoms with E-state index in [4.69, 9.17) is 5.11 Å². The first kappa shape index (κ1) is 29.6. The summed E-state index contributed by atoms with van der Waals surface area (Å²) in [7, 11) is 0. The quantitative estimate of drug-likeness (QED) is 0.458. The number of carboxylic acid groups (broad SMARTS) is 1. The maximum atomic E-state index is 13.8. The second kappa shape index (κ2) is 12.8. The number of amides is 2. The van der Waals surface area contributed by atoms with Gasteiger partial charge < -0.3 is 14.9 Å². The Labute approximate surface area is 232 Å². The van der Waals surface area contributed by atoms with Crippen molar-refractivity contribution in [2.75, 3.05) is 19.6 Å². The number of carboxylic acids is 1. The molecule has 2 unspecified atom stereocenters. The van der Waals surface area contributed by atoms with Crippen LogP contribution in [0.5, 0.6) is 0 Å². The zero-order valence-corrected chi connectivity index (χ0v) is 22.7. The predicted molar refractivity (Wildman–Crippen MR) is 143 cm³/mol. The fourth-order valence-electron chi connectivity index (χ4n) is 6.26. The molecule has 7 nitrogen and oxygen atoms in total. The number of aromatic nitrogens is 1. The van der Waals surface area contributed by atoms with Crippen LogP contribution in [0, 0.1) is 5.92 Å². The molecule has 40 heavy (non-hydrogen) atoms. The highest BCUT2D eigenvalue weighted by Crippen LogP contribution is 2.36. The van der Waals surface area contributed by atoms with Crippen LogP contribution in [0.25, 0.3) is 0 Å². The number of carbonyl (C=O) groups is 3. The molecular formula is C30H36F3N3O4. The molecule has 2 amide bonds. The number of aryl methyl sites for hydroxylation is 1. The minimum Gasteiger partial charge on any atom is -0.481 e. The zero-order chi connectivity index (χ0) is 28.9. The van der Waals surface area contributed by atoms with E-state index in [1.54, 1.807) is 0 Å². The van der Waals surface area contributed by atoms with Gasteiger partial charge >= 0.3 is 12.1 Å². The van der Waals surface area contributed by atoms with Gasteiger partial charge in [-0.2, -0.15) is 13.2 Å². The summed E-state index contributed by atoms with van der Waals surface area (Å²) in [5.74, 6) is -1.86. The van der Waals surface area contributed by atoms with Crippen molar-refractivity contribution in [3.05, 3.63) is 65.0 Å². The van der Waals surface area contributed by atoms with Gasteiger partial charge in [-0.25, -0.2) is 0 Å². The Hall–Kier alpha value is -3.43. The van der Waals surface area contributed by atoms with Crippen LogP contribution in [0.2, 0.25) is 0 Å². The Bertz CT molecular complexity index is 1210. The van der Waals surface area contributed by atoms with Gasteiger partial charge in [0.05, 0.1) is 17.0 Å². The van der Waals surface area contributed by atoms with Gasteiger partial charge in [0, 0.05) is 44.5 Å². The molecule has 216 valence electrons. The van der Waals surface area contributed by atoms with E-state index in [1.165, 1.54) is 4.90 Å². The Morgan fingerprint density at radius 1 is 1.05 bits per heavy atom. The van der Waals surface area contributed by atoms with Gasteiger partial charge in [0.15, 0.2) is 0 Å². The average Bonchev–Trinajstić information content (AvgIpc) is 2.95. The Balaban J connectivity index is 1.47. The molecule has 3 heterocycles. The molecule has 2 fully saturated rings. The first-order valence-electron chi connectivity index (χ1n) is 14.0. The number of carbonyl (C=O) groups excluding carboxylic acids is 2. The third-order valence-corrected chi connectivity index (χ3v) is 8.21. The third kappa shape index (κ3) is 6.64. The van der Waals surface area contributed by atoms with Crippen LogP contribution in [0.1, 0.15) is 84.8 Å². The lowest BCUT2D eigenvalue weighted by Crippen LogP contribution is -2.54. The summed E-state index contributed by atoms with van der Waals surface area (Å²) >= 11 is 0. The number of hydrogen-bond acceptors (Lipinski definition) is 4. The average molecular weight is 560 g/mol. The molecule has 1 aromatic heterocycles. The number of nitrogens with zero attached hydrogens (tertiary/aromatic N) is 3. The van der Waals surface area contributed by atoms with Gasteiger partial charge in [-0.15, -0.1) is 0 Å². The Morgan fingerprint density at radius 3 is 2.45 bits per heavy atom. The topological polar surface area (TPSA) is 90.8 Å². The van der Waals surface area contributed by atoms with Crippen molar-refractivity contribution in [3.63, 3.8) is 0 Å². The van der Waals surface area contributed by atoms with Crippen LogP contribution in [0.15, 0.2) is 42.7 Å². The summed E-state index contributed by atoms with van der Waals surface area (Å²) in [6, 6.07) is 8.20. The number of hydrogen-bond donors (Lipinski definition) is 1. The van der Waals surface area contributed by atoms with Crippen molar-refractivity contribution in [1.29, 1.82) is 0 Å². The van der Waals surface area contributed by atoms with Crippen LogP contribution in [-0.4, -0.2) is 63.4 Å². The molecular weight excluding hydrogens is 523 g/mol. The van der Waals surface area contributed by atoms with E-state index in [9.17, 15) is 27.6 Å². The molecule has 0 bridgehead atoms. The van der Waals surface area contributed by atoms with E-state index in [2.05, 4.69) is 4.98 Å². The first-order valence-corrected chi connectivity index (χ1v) is 14.0. The van der Waals surface area contributed by atoms with Crippen LogP contribution in [-0.2, 0) is 22.2 Å². The number of piperidine rings is 2. The molecule has 2 saturated heterocycles. The number of aliphatic carboxylic acids is 1. The summed E-state index contributed by atoms with van der Waals surface area (Å²) in [5, 5.41) is 9.10. The van der Waals surface area contributed by atoms with Crippen LogP contribution < -0.4 is 0 Å². The van der Waals surface area contributed by atoms with E-state index in [-0.39, 0.29) is 18.2 Å². The largest absolute Gasteiger partial charge is 0.481 e. The summed E-state index contributed by atoms with van der Waals surface area (Å²) < 4.78 is 40.9. The van der Waals surface area contributed by atoms with Crippen molar-refractivity contribution < 1.29 is 32.7 Å². The minimum atomic E-state index is -4.68. The van der Waals surface area contributed by atoms with Gasteiger partial charge in [0.2, 0.25) is 5.91 Å². The van der Waals surface area contributed by atoms with E-state index >= 15 is 0 Å². The lowest BCUT2D eigenvalue weighted by Gasteiger charge is -2.43. The van der Waals surface area contributed by atoms with Gasteiger partial charge in [-0.1, -0.05) is 37.6 Å². The minimum absolute atomic E-state index is 0.0456. The maximum Gasteiger partial charge on any atom is 0.417 e. The third-order valence-electron chi connectivity index (χ3n) is 8.21. The molecule has 0 spiro atoms. The number of benzene rings is 1. The molecule has 2 aliphatic heterocycles. The molecule has 0 radical (unpaired) electrons. The molecule has 0 saturated carbocycles. The van der Waals surface area contributed by atoms with Gasteiger partial charge in [0.25, 0.3) is 5.91 Å². The van der Waals surface area contributed by atoms with E-state index in [1.807, 2.05) is 36.1 Å². The number of pyridine rings is 1. The maximum absolute atomic E-state index is 13.8. The molecule has 2 atom stereocenters. The Morgan fingerprint density at radius 2 is 1.77 bits per heavy atom. The van der Waals surface area contributed by atoms with Crippen LogP contribution in [0.4, 0.5) is 13.2 Å². The standard InChI is InChI=1S/C30H36F3N3O4/c1-2-6-26-23(9-5-16-36(26)29(40)24-19-34-15-12-25(24)30(31,32)33)28(39)35-17-13-21(14-18-35)22-8-4-3-7-20(22)10-11-27(37)38/h3-4,7-8,12,15,19,21,23,26H,2,5-6,9-11,13-14,16-18H2,1H3,(H,37,38). The van der Waals surface area contributed by atoms with Crippen LogP contribution in [0.3, 0.4) is 0 Å². The SMILES string of the molecule is CCCC1C(C(=O)N2CCC(c3ccccc3CCC(=O)O)CC2)CCCN1C(=O)c1cnccc1C(F)(F)F. The highest BCUT2D eigenvalue weighted by Gasteiger charge is 2.43. The fourth-order valence-corrected chi connectivity index (χ4v) is 6.26. The summed E-state index contributed by atoms with van der Waals surface area (Å²) in [6.45, 7) is 3.33. The fraction of sp³-hybridized carbons (Fsp3) is 0.533. The smallest absolute Gasteiger partial charge is 0.417 e. The summed E-state index contributed by atoms with van der Waals surface area (Å²) in [4.78, 5) is 45.4. The second-order valence-electron chi connectivity index (χ2n) is 10.7. The van der Waals surface area contributed by atoms with E-state index in [0.717, 1.165) is 42.4 Å². The molecule has 10 heteroatoms. The summed E-state index contributed by atoms with van der Waals surface area (Å²) in [6.07, 6.45) is 1.66. The van der Waals surface area contributed by atoms with Gasteiger partial charge in [-0.05, 0) is 61.6 Å². The Kier molecular flexibility index (Phi) is 9.48. The van der Waals surface area contributed by atoms with Crippen molar-refractivity contribution >= 4 is 17.8 Å². The number of rotatable bonds is 8. The van der Waals surface area contributed by atoms with E-state index < -0.39 is 41.1 Å².